The van der Waals surface area contributed by atoms with Gasteiger partial charge >= 0.3 is 0 Å². The molecule has 1 amide bonds. The van der Waals surface area contributed by atoms with Gasteiger partial charge in [0.1, 0.15) is 0 Å². The van der Waals surface area contributed by atoms with Crippen LogP contribution in [0.2, 0.25) is 0 Å². The van der Waals surface area contributed by atoms with Crippen LogP contribution in [0.5, 0.6) is 0 Å². The minimum atomic E-state index is -0.0692. The second kappa shape index (κ2) is 7.59. The molecule has 0 radical (unpaired) electrons. The zero-order chi connectivity index (χ0) is 15.3. The predicted octanol–water partition coefficient (Wildman–Crippen LogP) is 1.96. The zero-order valence-corrected chi connectivity index (χ0v) is 14.2. The van der Waals surface area contributed by atoms with Crippen molar-refractivity contribution in [1.82, 2.24) is 15.1 Å². The van der Waals surface area contributed by atoms with Gasteiger partial charge in [0.2, 0.25) is 5.91 Å². The summed E-state index contributed by atoms with van der Waals surface area (Å²) in [5, 5.41) is 3.41. The Morgan fingerprint density at radius 3 is 2.29 bits per heavy atom. The molecule has 0 aromatic heterocycles. The standard InChI is InChI=1S/C17H33N3O/c1-4-5-17(6-8-18-9-7-17)16(21)20-12-10-19(11-13-20)14-15(2)3/h15,18H,4-14H2,1-3H3. The molecule has 0 saturated carbocycles. The third kappa shape index (κ3) is 4.19. The number of piperazine rings is 1. The molecule has 2 fully saturated rings. The van der Waals surface area contributed by atoms with Crippen molar-refractivity contribution in [1.29, 1.82) is 0 Å². The van der Waals surface area contributed by atoms with Crippen LogP contribution in [0.15, 0.2) is 0 Å². The quantitative estimate of drug-likeness (QED) is 0.842. The summed E-state index contributed by atoms with van der Waals surface area (Å²) in [5.74, 6) is 1.15. The lowest BCUT2D eigenvalue weighted by Crippen LogP contribution is -2.55. The molecule has 0 unspecified atom stereocenters. The molecule has 2 aliphatic rings. The first-order valence-corrected chi connectivity index (χ1v) is 8.80. The highest BCUT2D eigenvalue weighted by Crippen LogP contribution is 2.36. The van der Waals surface area contributed by atoms with Gasteiger partial charge in [-0.25, -0.2) is 0 Å². The lowest BCUT2D eigenvalue weighted by molar-refractivity contribution is -0.146. The molecule has 1 N–H and O–H groups in total. The summed E-state index contributed by atoms with van der Waals surface area (Å²) in [6.45, 7) is 13.8. The molecule has 4 heteroatoms. The first-order chi connectivity index (χ1) is 10.1. The molecule has 2 aliphatic heterocycles. The van der Waals surface area contributed by atoms with Crippen LogP contribution in [0, 0.1) is 11.3 Å². The van der Waals surface area contributed by atoms with Gasteiger partial charge in [-0.3, -0.25) is 9.69 Å². The minimum absolute atomic E-state index is 0.0692. The van der Waals surface area contributed by atoms with E-state index >= 15 is 0 Å². The first-order valence-electron chi connectivity index (χ1n) is 8.80. The molecule has 4 nitrogen and oxygen atoms in total. The summed E-state index contributed by atoms with van der Waals surface area (Å²) in [5.41, 5.74) is -0.0692. The van der Waals surface area contributed by atoms with Gasteiger partial charge in [0, 0.05) is 32.7 Å². The normalized spacial score (nSPS) is 23.5. The molecule has 122 valence electrons. The Hall–Kier alpha value is -0.610. The Labute approximate surface area is 130 Å². The second-order valence-corrected chi connectivity index (χ2v) is 7.27. The second-order valence-electron chi connectivity index (χ2n) is 7.27. The summed E-state index contributed by atoms with van der Waals surface area (Å²) in [4.78, 5) is 17.7. The summed E-state index contributed by atoms with van der Waals surface area (Å²) in [7, 11) is 0. The smallest absolute Gasteiger partial charge is 0.228 e. The van der Waals surface area contributed by atoms with Crippen molar-refractivity contribution in [2.24, 2.45) is 11.3 Å². The van der Waals surface area contributed by atoms with Crippen molar-refractivity contribution >= 4 is 5.91 Å². The van der Waals surface area contributed by atoms with Crippen LogP contribution in [0.25, 0.3) is 0 Å². The summed E-state index contributed by atoms with van der Waals surface area (Å²) < 4.78 is 0. The number of hydrogen-bond donors (Lipinski definition) is 1. The van der Waals surface area contributed by atoms with Gasteiger partial charge in [0.15, 0.2) is 0 Å². The molecule has 0 bridgehead atoms. The van der Waals surface area contributed by atoms with Gasteiger partial charge in [0.05, 0.1) is 5.41 Å². The lowest BCUT2D eigenvalue weighted by atomic mass is 9.74. The molecular weight excluding hydrogens is 262 g/mol. The van der Waals surface area contributed by atoms with Gasteiger partial charge in [-0.2, -0.15) is 0 Å². The molecule has 0 spiro atoms. The maximum atomic E-state index is 13.1. The van der Waals surface area contributed by atoms with Crippen LogP contribution in [-0.4, -0.2) is 61.5 Å². The van der Waals surface area contributed by atoms with Crippen LogP contribution < -0.4 is 5.32 Å². The van der Waals surface area contributed by atoms with Crippen molar-refractivity contribution < 1.29 is 4.79 Å². The number of rotatable bonds is 5. The molecule has 0 aromatic carbocycles. The van der Waals surface area contributed by atoms with Crippen LogP contribution in [0.1, 0.15) is 46.5 Å². The van der Waals surface area contributed by atoms with E-state index in [9.17, 15) is 4.79 Å². The number of piperidine rings is 1. The number of carbonyl (C=O) groups excluding carboxylic acids is 1. The highest BCUT2D eigenvalue weighted by atomic mass is 16.2. The number of nitrogens with zero attached hydrogens (tertiary/aromatic N) is 2. The third-order valence-corrected chi connectivity index (χ3v) is 5.03. The van der Waals surface area contributed by atoms with Gasteiger partial charge < -0.3 is 10.2 Å². The average Bonchev–Trinajstić information content (AvgIpc) is 2.48. The van der Waals surface area contributed by atoms with E-state index < -0.39 is 0 Å². The van der Waals surface area contributed by atoms with E-state index in [-0.39, 0.29) is 5.41 Å². The topological polar surface area (TPSA) is 35.6 Å². The van der Waals surface area contributed by atoms with Crippen LogP contribution in [-0.2, 0) is 4.79 Å². The first kappa shape index (κ1) is 16.8. The molecular formula is C17H33N3O. The Kier molecular flexibility index (Phi) is 6.06. The monoisotopic (exact) mass is 295 g/mol. The van der Waals surface area contributed by atoms with Gasteiger partial charge in [-0.05, 0) is 38.3 Å². The Morgan fingerprint density at radius 2 is 1.76 bits per heavy atom. The van der Waals surface area contributed by atoms with Gasteiger partial charge in [0.25, 0.3) is 0 Å². The summed E-state index contributed by atoms with van der Waals surface area (Å²) >= 11 is 0. The van der Waals surface area contributed by atoms with E-state index in [4.69, 9.17) is 0 Å². The molecule has 0 aromatic rings. The molecule has 2 rings (SSSR count). The van der Waals surface area contributed by atoms with Gasteiger partial charge in [-0.1, -0.05) is 27.2 Å². The van der Waals surface area contributed by atoms with Gasteiger partial charge in [-0.15, -0.1) is 0 Å². The summed E-state index contributed by atoms with van der Waals surface area (Å²) in [6.07, 6.45) is 4.20. The Balaban J connectivity index is 1.93. The van der Waals surface area contributed by atoms with Crippen molar-refractivity contribution in [2.75, 3.05) is 45.8 Å². The van der Waals surface area contributed by atoms with E-state index in [0.717, 1.165) is 71.5 Å². The highest BCUT2D eigenvalue weighted by molar-refractivity contribution is 5.83. The fraction of sp³-hybridized carbons (Fsp3) is 0.941. The summed E-state index contributed by atoms with van der Waals surface area (Å²) in [6, 6.07) is 0. The molecule has 0 aliphatic carbocycles. The number of amides is 1. The fourth-order valence-electron chi connectivity index (χ4n) is 3.94. The number of carbonyl (C=O) groups is 1. The molecule has 21 heavy (non-hydrogen) atoms. The zero-order valence-electron chi connectivity index (χ0n) is 14.2. The molecule has 2 heterocycles. The largest absolute Gasteiger partial charge is 0.340 e. The molecule has 2 saturated heterocycles. The third-order valence-electron chi connectivity index (χ3n) is 5.03. The number of nitrogens with one attached hydrogen (secondary N) is 1. The highest BCUT2D eigenvalue weighted by Gasteiger charge is 2.41. The van der Waals surface area contributed by atoms with E-state index in [0.29, 0.717) is 11.8 Å². The van der Waals surface area contributed by atoms with Crippen molar-refractivity contribution in [3.63, 3.8) is 0 Å². The van der Waals surface area contributed by atoms with Crippen LogP contribution in [0.3, 0.4) is 0 Å². The SMILES string of the molecule is CCCC1(C(=O)N2CCN(CC(C)C)CC2)CCNCC1. The predicted molar refractivity (Wildman–Crippen MR) is 87.3 cm³/mol. The van der Waals surface area contributed by atoms with E-state index in [1.54, 1.807) is 0 Å². The van der Waals surface area contributed by atoms with E-state index in [2.05, 4.69) is 35.9 Å². The average molecular weight is 295 g/mol. The molecule has 0 atom stereocenters. The van der Waals surface area contributed by atoms with Crippen molar-refractivity contribution in [3.8, 4) is 0 Å². The van der Waals surface area contributed by atoms with Crippen molar-refractivity contribution in [3.05, 3.63) is 0 Å². The maximum absolute atomic E-state index is 13.1. The van der Waals surface area contributed by atoms with E-state index in [1.807, 2.05) is 0 Å². The Bertz CT molecular complexity index is 323. The van der Waals surface area contributed by atoms with Crippen molar-refractivity contribution in [2.45, 2.75) is 46.5 Å². The van der Waals surface area contributed by atoms with Crippen LogP contribution in [0.4, 0.5) is 0 Å². The fourth-order valence-corrected chi connectivity index (χ4v) is 3.94. The van der Waals surface area contributed by atoms with Crippen LogP contribution >= 0.6 is 0 Å². The maximum Gasteiger partial charge on any atom is 0.228 e. The van der Waals surface area contributed by atoms with E-state index in [1.165, 1.54) is 0 Å². The number of hydrogen-bond acceptors (Lipinski definition) is 3. The Morgan fingerprint density at radius 1 is 1.14 bits per heavy atom. The minimum Gasteiger partial charge on any atom is -0.340 e. The lowest BCUT2D eigenvalue weighted by Gasteiger charge is -2.43.